The van der Waals surface area contributed by atoms with Crippen LogP contribution in [-0.4, -0.2) is 6.54 Å². The molecular weight excluding hydrogens is 194 g/mol. The van der Waals surface area contributed by atoms with Crippen LogP contribution in [0.1, 0.15) is 50.3 Å². The fourth-order valence-electron chi connectivity index (χ4n) is 2.83. The summed E-state index contributed by atoms with van der Waals surface area (Å²) >= 11 is 0. The van der Waals surface area contributed by atoms with Gasteiger partial charge in [-0.05, 0) is 47.9 Å². The van der Waals surface area contributed by atoms with Crippen LogP contribution in [0.25, 0.3) is 0 Å². The van der Waals surface area contributed by atoms with Crippen molar-refractivity contribution < 1.29 is 0 Å². The van der Waals surface area contributed by atoms with Crippen LogP contribution >= 0.6 is 0 Å². The predicted molar refractivity (Wildman–Crippen MR) is 69.8 cm³/mol. The average molecular weight is 217 g/mol. The Hall–Kier alpha value is -0.820. The smallest absolute Gasteiger partial charge is 0.0208 e. The Morgan fingerprint density at radius 3 is 2.88 bits per heavy atom. The van der Waals surface area contributed by atoms with Crippen molar-refractivity contribution in [3.8, 4) is 0 Å². The summed E-state index contributed by atoms with van der Waals surface area (Å²) in [5, 5.41) is 3.44. The first-order valence-electron chi connectivity index (χ1n) is 6.47. The lowest BCUT2D eigenvalue weighted by atomic mass is 9.71. The van der Waals surface area contributed by atoms with E-state index in [1.807, 2.05) is 0 Å². The molecule has 1 aliphatic carbocycles. The Balaban J connectivity index is 2.35. The van der Waals surface area contributed by atoms with E-state index in [1.165, 1.54) is 24.8 Å². The summed E-state index contributed by atoms with van der Waals surface area (Å²) in [6, 6.07) is 6.82. The third kappa shape index (κ3) is 2.15. The van der Waals surface area contributed by atoms with Crippen molar-refractivity contribution in [2.75, 3.05) is 6.54 Å². The zero-order chi connectivity index (χ0) is 11.6. The first-order valence-corrected chi connectivity index (χ1v) is 6.47. The van der Waals surface area contributed by atoms with Gasteiger partial charge >= 0.3 is 0 Å². The molecule has 1 aromatic rings. The van der Waals surface area contributed by atoms with Gasteiger partial charge in [-0.2, -0.15) is 0 Å². The number of benzene rings is 1. The molecule has 0 saturated carbocycles. The van der Waals surface area contributed by atoms with E-state index in [1.54, 1.807) is 11.1 Å². The van der Waals surface area contributed by atoms with E-state index in [0.717, 1.165) is 13.1 Å². The van der Waals surface area contributed by atoms with E-state index in [0.29, 0.717) is 5.41 Å². The summed E-state index contributed by atoms with van der Waals surface area (Å²) in [6.07, 6.45) is 3.92. The van der Waals surface area contributed by atoms with Crippen LogP contribution in [0.5, 0.6) is 0 Å². The van der Waals surface area contributed by atoms with E-state index < -0.39 is 0 Å². The van der Waals surface area contributed by atoms with Crippen molar-refractivity contribution in [1.82, 2.24) is 5.32 Å². The topological polar surface area (TPSA) is 12.0 Å². The molecule has 1 aromatic carbocycles. The lowest BCUT2D eigenvalue weighted by Gasteiger charge is -2.33. The van der Waals surface area contributed by atoms with E-state index in [-0.39, 0.29) is 0 Å². The van der Waals surface area contributed by atoms with Crippen molar-refractivity contribution >= 4 is 0 Å². The molecular formula is C15H23N. The molecule has 88 valence electrons. The normalized spacial score (nSPS) is 18.2. The van der Waals surface area contributed by atoms with Crippen molar-refractivity contribution in [2.45, 2.75) is 52.0 Å². The Kier molecular flexibility index (Phi) is 3.34. The van der Waals surface area contributed by atoms with Crippen LogP contribution in [0.3, 0.4) is 0 Å². The number of hydrogen-bond donors (Lipinski definition) is 1. The van der Waals surface area contributed by atoms with Crippen molar-refractivity contribution in [3.05, 3.63) is 34.9 Å². The number of hydrogen-bond acceptors (Lipinski definition) is 1. The summed E-state index contributed by atoms with van der Waals surface area (Å²) in [5.41, 5.74) is 5.07. The number of fused-ring (bicyclic) bond motifs is 1. The monoisotopic (exact) mass is 217 g/mol. The summed E-state index contributed by atoms with van der Waals surface area (Å²) in [5.74, 6) is 0. The molecule has 1 aliphatic rings. The van der Waals surface area contributed by atoms with Crippen molar-refractivity contribution in [2.24, 2.45) is 0 Å². The molecule has 0 aliphatic heterocycles. The second-order valence-electron chi connectivity index (χ2n) is 5.46. The Morgan fingerprint density at radius 2 is 2.12 bits per heavy atom. The minimum atomic E-state index is 0.371. The molecule has 1 nitrogen and oxygen atoms in total. The second-order valence-corrected chi connectivity index (χ2v) is 5.46. The van der Waals surface area contributed by atoms with Crippen molar-refractivity contribution in [3.63, 3.8) is 0 Å². The number of nitrogens with one attached hydrogen (secondary N) is 1. The summed E-state index contributed by atoms with van der Waals surface area (Å²) in [4.78, 5) is 0. The van der Waals surface area contributed by atoms with E-state index in [9.17, 15) is 0 Å². The maximum atomic E-state index is 3.44. The average Bonchev–Trinajstić information content (AvgIpc) is 2.26. The summed E-state index contributed by atoms with van der Waals surface area (Å²) in [6.45, 7) is 8.99. The van der Waals surface area contributed by atoms with Crippen LogP contribution < -0.4 is 5.32 Å². The van der Waals surface area contributed by atoms with Crippen molar-refractivity contribution in [1.29, 1.82) is 0 Å². The molecule has 0 saturated heterocycles. The van der Waals surface area contributed by atoms with E-state index in [4.69, 9.17) is 0 Å². The van der Waals surface area contributed by atoms with Gasteiger partial charge in [-0.25, -0.2) is 0 Å². The first-order chi connectivity index (χ1) is 7.65. The Labute approximate surface area is 99.3 Å². The van der Waals surface area contributed by atoms with Crippen LogP contribution in [0.2, 0.25) is 0 Å². The third-order valence-electron chi connectivity index (χ3n) is 3.80. The van der Waals surface area contributed by atoms with Crippen LogP contribution in [0, 0.1) is 0 Å². The third-order valence-corrected chi connectivity index (χ3v) is 3.80. The fourth-order valence-corrected chi connectivity index (χ4v) is 2.83. The highest BCUT2D eigenvalue weighted by molar-refractivity contribution is 5.41. The van der Waals surface area contributed by atoms with Gasteiger partial charge in [-0.3, -0.25) is 0 Å². The predicted octanol–water partition coefficient (Wildman–Crippen LogP) is 3.41. The Morgan fingerprint density at radius 1 is 1.31 bits per heavy atom. The molecule has 0 radical (unpaired) electrons. The summed E-state index contributed by atoms with van der Waals surface area (Å²) in [7, 11) is 0. The molecule has 1 N–H and O–H groups in total. The molecule has 0 aromatic heterocycles. The zero-order valence-electron chi connectivity index (χ0n) is 10.8. The molecule has 16 heavy (non-hydrogen) atoms. The van der Waals surface area contributed by atoms with E-state index in [2.05, 4.69) is 44.3 Å². The van der Waals surface area contributed by atoms with Gasteiger partial charge < -0.3 is 5.32 Å². The SMILES string of the molecule is CCNCc1cccc2c1CCCC2(C)C. The highest BCUT2D eigenvalue weighted by Gasteiger charge is 2.27. The fraction of sp³-hybridized carbons (Fsp3) is 0.600. The van der Waals surface area contributed by atoms with Gasteiger partial charge in [0.15, 0.2) is 0 Å². The van der Waals surface area contributed by atoms with Crippen LogP contribution in [0.15, 0.2) is 18.2 Å². The second kappa shape index (κ2) is 4.58. The molecule has 0 amide bonds. The highest BCUT2D eigenvalue weighted by atomic mass is 14.8. The van der Waals surface area contributed by atoms with Gasteiger partial charge in [0.2, 0.25) is 0 Å². The standard InChI is InChI=1S/C15H23N/c1-4-16-11-12-7-5-9-14-13(12)8-6-10-15(14,2)3/h5,7,9,16H,4,6,8,10-11H2,1-3H3. The lowest BCUT2D eigenvalue weighted by molar-refractivity contribution is 0.429. The van der Waals surface area contributed by atoms with Gasteiger partial charge in [0, 0.05) is 6.54 Å². The minimum absolute atomic E-state index is 0.371. The Bertz CT molecular complexity index is 366. The molecule has 0 atom stereocenters. The van der Waals surface area contributed by atoms with Crippen LogP contribution in [0.4, 0.5) is 0 Å². The maximum Gasteiger partial charge on any atom is 0.0208 e. The first kappa shape index (κ1) is 11.7. The van der Waals surface area contributed by atoms with Gasteiger partial charge in [0.25, 0.3) is 0 Å². The lowest BCUT2D eigenvalue weighted by Crippen LogP contribution is -2.25. The molecule has 0 spiro atoms. The number of rotatable bonds is 3. The highest BCUT2D eigenvalue weighted by Crippen LogP contribution is 2.37. The van der Waals surface area contributed by atoms with Gasteiger partial charge in [-0.15, -0.1) is 0 Å². The van der Waals surface area contributed by atoms with Gasteiger partial charge in [0.1, 0.15) is 0 Å². The molecule has 0 heterocycles. The van der Waals surface area contributed by atoms with Crippen LogP contribution in [-0.2, 0) is 18.4 Å². The largest absolute Gasteiger partial charge is 0.313 e. The summed E-state index contributed by atoms with van der Waals surface area (Å²) < 4.78 is 0. The van der Waals surface area contributed by atoms with Gasteiger partial charge in [-0.1, -0.05) is 39.0 Å². The quantitative estimate of drug-likeness (QED) is 0.818. The molecule has 2 rings (SSSR count). The zero-order valence-corrected chi connectivity index (χ0v) is 10.8. The van der Waals surface area contributed by atoms with Gasteiger partial charge in [0.05, 0.1) is 0 Å². The maximum absolute atomic E-state index is 3.44. The minimum Gasteiger partial charge on any atom is -0.313 e. The molecule has 1 heteroatoms. The molecule has 0 unspecified atom stereocenters. The molecule has 0 bridgehead atoms. The molecule has 0 fully saturated rings. The van der Waals surface area contributed by atoms with E-state index >= 15 is 0 Å².